The highest BCUT2D eigenvalue weighted by molar-refractivity contribution is 9.10. The van der Waals surface area contributed by atoms with E-state index in [2.05, 4.69) is 21.2 Å². The molecule has 0 aromatic heterocycles. The SMILES string of the molecule is CNC(c1cc(Br)ccc1F)C1CCS(=O)(=O)C1. The number of halogens is 2. The molecule has 0 spiro atoms. The summed E-state index contributed by atoms with van der Waals surface area (Å²) in [6.07, 6.45) is 0.583. The van der Waals surface area contributed by atoms with Crippen molar-refractivity contribution in [3.63, 3.8) is 0 Å². The molecule has 1 aromatic rings. The van der Waals surface area contributed by atoms with Crippen molar-refractivity contribution in [1.82, 2.24) is 5.32 Å². The second-order valence-corrected chi connectivity index (χ2v) is 7.74. The fourth-order valence-corrected chi connectivity index (χ4v) is 4.70. The van der Waals surface area contributed by atoms with Gasteiger partial charge in [-0.2, -0.15) is 0 Å². The Kier molecular flexibility index (Phi) is 4.08. The molecule has 18 heavy (non-hydrogen) atoms. The largest absolute Gasteiger partial charge is 0.313 e. The van der Waals surface area contributed by atoms with E-state index in [1.54, 1.807) is 19.2 Å². The summed E-state index contributed by atoms with van der Waals surface area (Å²) in [5.74, 6) is -0.0405. The lowest BCUT2D eigenvalue weighted by Gasteiger charge is -2.23. The van der Waals surface area contributed by atoms with Gasteiger partial charge in [0.1, 0.15) is 5.82 Å². The fraction of sp³-hybridized carbons (Fsp3) is 0.500. The van der Waals surface area contributed by atoms with Crippen LogP contribution in [0, 0.1) is 11.7 Å². The number of hydrogen-bond acceptors (Lipinski definition) is 3. The molecule has 1 heterocycles. The van der Waals surface area contributed by atoms with Crippen LogP contribution in [0.5, 0.6) is 0 Å². The summed E-state index contributed by atoms with van der Waals surface area (Å²) < 4.78 is 37.7. The van der Waals surface area contributed by atoms with E-state index in [1.165, 1.54) is 6.07 Å². The van der Waals surface area contributed by atoms with Crippen LogP contribution in [0.3, 0.4) is 0 Å². The highest BCUT2D eigenvalue weighted by Gasteiger charge is 2.34. The maximum atomic E-state index is 13.8. The van der Waals surface area contributed by atoms with Crippen molar-refractivity contribution in [2.24, 2.45) is 5.92 Å². The van der Waals surface area contributed by atoms with Gasteiger partial charge in [0.15, 0.2) is 9.84 Å². The summed E-state index contributed by atoms with van der Waals surface area (Å²) >= 11 is 3.31. The Labute approximate surface area is 115 Å². The summed E-state index contributed by atoms with van der Waals surface area (Å²) in [5, 5.41) is 3.04. The lowest BCUT2D eigenvalue weighted by molar-refractivity contribution is 0.403. The number of benzene rings is 1. The molecule has 2 unspecified atom stereocenters. The van der Waals surface area contributed by atoms with Gasteiger partial charge < -0.3 is 5.32 Å². The van der Waals surface area contributed by atoms with Gasteiger partial charge in [0.05, 0.1) is 11.5 Å². The molecule has 1 N–H and O–H groups in total. The fourth-order valence-electron chi connectivity index (χ4n) is 2.48. The second kappa shape index (κ2) is 5.27. The van der Waals surface area contributed by atoms with E-state index in [-0.39, 0.29) is 29.3 Å². The smallest absolute Gasteiger partial charge is 0.150 e. The van der Waals surface area contributed by atoms with Crippen molar-refractivity contribution in [1.29, 1.82) is 0 Å². The van der Waals surface area contributed by atoms with Crippen LogP contribution in [0.15, 0.2) is 22.7 Å². The Bertz CT molecular complexity index is 547. The zero-order valence-corrected chi connectivity index (χ0v) is 12.4. The van der Waals surface area contributed by atoms with Gasteiger partial charge in [-0.15, -0.1) is 0 Å². The third-order valence-electron chi connectivity index (χ3n) is 3.34. The third-order valence-corrected chi connectivity index (χ3v) is 5.63. The summed E-state index contributed by atoms with van der Waals surface area (Å²) in [4.78, 5) is 0. The van der Waals surface area contributed by atoms with Crippen LogP contribution in [0.25, 0.3) is 0 Å². The summed E-state index contributed by atoms with van der Waals surface area (Å²) in [7, 11) is -1.22. The summed E-state index contributed by atoms with van der Waals surface area (Å²) in [6, 6.07) is 4.48. The molecule has 0 aliphatic carbocycles. The molecule has 1 fully saturated rings. The van der Waals surface area contributed by atoms with Crippen LogP contribution in [0.1, 0.15) is 18.0 Å². The van der Waals surface area contributed by atoms with Gasteiger partial charge in [-0.3, -0.25) is 0 Å². The zero-order valence-electron chi connectivity index (χ0n) is 9.99. The third kappa shape index (κ3) is 2.92. The highest BCUT2D eigenvalue weighted by atomic mass is 79.9. The molecule has 0 bridgehead atoms. The van der Waals surface area contributed by atoms with Crippen LogP contribution in [0.2, 0.25) is 0 Å². The van der Waals surface area contributed by atoms with Crippen molar-refractivity contribution in [3.05, 3.63) is 34.1 Å². The van der Waals surface area contributed by atoms with E-state index in [0.717, 1.165) is 4.47 Å². The molecule has 1 aliphatic rings. The molecule has 1 saturated heterocycles. The molecular weight excluding hydrogens is 321 g/mol. The van der Waals surface area contributed by atoms with Gasteiger partial charge in [-0.05, 0) is 37.6 Å². The molecule has 1 aromatic carbocycles. The zero-order chi connectivity index (χ0) is 13.3. The minimum Gasteiger partial charge on any atom is -0.313 e. The average molecular weight is 336 g/mol. The van der Waals surface area contributed by atoms with E-state index in [9.17, 15) is 12.8 Å². The van der Waals surface area contributed by atoms with Gasteiger partial charge in [0, 0.05) is 16.1 Å². The standard InChI is InChI=1S/C12H15BrFNO2S/c1-15-12(8-4-5-18(16,17)7-8)10-6-9(13)2-3-11(10)14/h2-3,6,8,12,15H,4-5,7H2,1H3. The van der Waals surface area contributed by atoms with Gasteiger partial charge in [0.2, 0.25) is 0 Å². The highest BCUT2D eigenvalue weighted by Crippen LogP contribution is 2.33. The van der Waals surface area contributed by atoms with Gasteiger partial charge in [-0.25, -0.2) is 12.8 Å². The number of nitrogens with one attached hydrogen (secondary N) is 1. The van der Waals surface area contributed by atoms with Crippen LogP contribution < -0.4 is 5.32 Å². The first-order chi connectivity index (χ1) is 8.43. The van der Waals surface area contributed by atoms with Gasteiger partial charge >= 0.3 is 0 Å². The topological polar surface area (TPSA) is 46.2 Å². The Morgan fingerprint density at radius 1 is 1.50 bits per heavy atom. The molecule has 6 heteroatoms. The van der Waals surface area contributed by atoms with Crippen molar-refractivity contribution < 1.29 is 12.8 Å². The first-order valence-electron chi connectivity index (χ1n) is 5.75. The monoisotopic (exact) mass is 335 g/mol. The maximum absolute atomic E-state index is 13.8. The molecule has 1 aliphatic heterocycles. The molecule has 100 valence electrons. The lowest BCUT2D eigenvalue weighted by Crippen LogP contribution is -2.27. The van der Waals surface area contributed by atoms with Crippen LogP contribution >= 0.6 is 15.9 Å². The first-order valence-corrected chi connectivity index (χ1v) is 8.37. The predicted molar refractivity (Wildman–Crippen MR) is 72.7 cm³/mol. The van der Waals surface area contributed by atoms with Crippen LogP contribution in [-0.4, -0.2) is 27.0 Å². The van der Waals surface area contributed by atoms with E-state index in [0.29, 0.717) is 12.0 Å². The van der Waals surface area contributed by atoms with Gasteiger partial charge in [-0.1, -0.05) is 15.9 Å². The Morgan fingerprint density at radius 2 is 2.22 bits per heavy atom. The minimum atomic E-state index is -2.96. The molecular formula is C12H15BrFNO2S. The van der Waals surface area contributed by atoms with Gasteiger partial charge in [0.25, 0.3) is 0 Å². The van der Waals surface area contributed by atoms with Crippen molar-refractivity contribution >= 4 is 25.8 Å². The van der Waals surface area contributed by atoms with E-state index >= 15 is 0 Å². The molecule has 2 rings (SSSR count). The number of rotatable bonds is 3. The summed E-state index contributed by atoms with van der Waals surface area (Å²) in [5.41, 5.74) is 0.522. The Balaban J connectivity index is 2.31. The Hall–Kier alpha value is -0.460. The number of hydrogen-bond donors (Lipinski definition) is 1. The lowest BCUT2D eigenvalue weighted by atomic mass is 9.92. The maximum Gasteiger partial charge on any atom is 0.150 e. The van der Waals surface area contributed by atoms with Crippen molar-refractivity contribution in [2.75, 3.05) is 18.6 Å². The first kappa shape index (κ1) is 14.0. The molecule has 0 saturated carbocycles. The normalized spacial score (nSPS) is 24.1. The molecule has 0 amide bonds. The van der Waals surface area contributed by atoms with E-state index in [1.807, 2.05) is 0 Å². The van der Waals surface area contributed by atoms with Crippen LogP contribution in [-0.2, 0) is 9.84 Å². The Morgan fingerprint density at radius 3 is 2.78 bits per heavy atom. The van der Waals surface area contributed by atoms with Crippen LogP contribution in [0.4, 0.5) is 4.39 Å². The second-order valence-electron chi connectivity index (χ2n) is 4.60. The minimum absolute atomic E-state index is 0.0659. The number of sulfone groups is 1. The molecule has 0 radical (unpaired) electrons. The molecule has 2 atom stereocenters. The predicted octanol–water partition coefficient (Wildman–Crippen LogP) is 2.28. The average Bonchev–Trinajstić information content (AvgIpc) is 2.65. The quantitative estimate of drug-likeness (QED) is 0.921. The summed E-state index contributed by atoms with van der Waals surface area (Å²) in [6.45, 7) is 0. The van der Waals surface area contributed by atoms with E-state index in [4.69, 9.17) is 0 Å². The van der Waals surface area contributed by atoms with Crippen molar-refractivity contribution in [2.45, 2.75) is 12.5 Å². The van der Waals surface area contributed by atoms with E-state index < -0.39 is 9.84 Å². The molecule has 3 nitrogen and oxygen atoms in total. The van der Waals surface area contributed by atoms with Crippen molar-refractivity contribution in [3.8, 4) is 0 Å².